The molecule has 0 saturated carbocycles. The highest BCUT2D eigenvalue weighted by Gasteiger charge is 2.32. The van der Waals surface area contributed by atoms with Gasteiger partial charge in [0, 0.05) is 42.5 Å². The first kappa shape index (κ1) is 27.9. The molecule has 0 amide bonds. The molecule has 6 rings (SSSR count). The first-order chi connectivity index (χ1) is 20.2. The van der Waals surface area contributed by atoms with Crippen molar-refractivity contribution in [2.75, 3.05) is 25.6 Å². The van der Waals surface area contributed by atoms with E-state index in [4.69, 9.17) is 19.2 Å². The van der Waals surface area contributed by atoms with Gasteiger partial charge in [-0.25, -0.2) is 4.98 Å². The summed E-state index contributed by atoms with van der Waals surface area (Å²) in [5.41, 5.74) is 5.83. The highest BCUT2D eigenvalue weighted by molar-refractivity contribution is 5.80. The molecule has 2 atom stereocenters. The van der Waals surface area contributed by atoms with Gasteiger partial charge in [0.2, 0.25) is 0 Å². The summed E-state index contributed by atoms with van der Waals surface area (Å²) in [5, 5.41) is 3.46. The molecule has 2 unspecified atom stereocenters. The third kappa shape index (κ3) is 5.61. The lowest BCUT2D eigenvalue weighted by Crippen LogP contribution is -2.17. The molecule has 0 aliphatic carbocycles. The SMILES string of the molecule is COC(=O)CC1COc2cc(NCc3cccc(-n4c(C5CCCO5)nc5cc(OC(F)(F)F)ccc54)c3C)ccc21. The molecular weight excluding hydrogens is 551 g/mol. The van der Waals surface area contributed by atoms with Gasteiger partial charge in [-0.05, 0) is 55.2 Å². The van der Waals surface area contributed by atoms with Crippen LogP contribution in [0.5, 0.6) is 11.5 Å². The van der Waals surface area contributed by atoms with E-state index in [1.807, 2.05) is 47.9 Å². The fourth-order valence-electron chi connectivity index (χ4n) is 5.67. The predicted octanol–water partition coefficient (Wildman–Crippen LogP) is 6.74. The van der Waals surface area contributed by atoms with Crippen molar-refractivity contribution in [2.24, 2.45) is 0 Å². The number of carbonyl (C=O) groups is 1. The lowest BCUT2D eigenvalue weighted by atomic mass is 9.97. The van der Waals surface area contributed by atoms with E-state index < -0.39 is 6.36 Å². The normalized spacial score (nSPS) is 18.1. The van der Waals surface area contributed by atoms with Gasteiger partial charge >= 0.3 is 12.3 Å². The summed E-state index contributed by atoms with van der Waals surface area (Å²) in [5.74, 6) is 0.789. The number of nitrogens with one attached hydrogen (secondary N) is 1. The molecule has 2 aliphatic heterocycles. The summed E-state index contributed by atoms with van der Waals surface area (Å²) in [6.45, 7) is 3.58. The van der Waals surface area contributed by atoms with Crippen LogP contribution in [0.3, 0.4) is 0 Å². The Morgan fingerprint density at radius 3 is 2.79 bits per heavy atom. The Bertz CT molecular complexity index is 1630. The summed E-state index contributed by atoms with van der Waals surface area (Å²) in [6.07, 6.45) is -3.12. The zero-order valence-corrected chi connectivity index (χ0v) is 23.2. The number of imidazole rings is 1. The van der Waals surface area contributed by atoms with Gasteiger partial charge in [-0.1, -0.05) is 18.2 Å². The van der Waals surface area contributed by atoms with Gasteiger partial charge in [0.15, 0.2) is 0 Å². The zero-order chi connectivity index (χ0) is 29.4. The van der Waals surface area contributed by atoms with Gasteiger partial charge in [0.05, 0.1) is 36.9 Å². The van der Waals surface area contributed by atoms with Crippen molar-refractivity contribution in [1.29, 1.82) is 0 Å². The molecule has 0 radical (unpaired) electrons. The fraction of sp³-hybridized carbons (Fsp3) is 0.355. The third-order valence-corrected chi connectivity index (χ3v) is 7.78. The van der Waals surface area contributed by atoms with Gasteiger partial charge < -0.3 is 24.3 Å². The summed E-state index contributed by atoms with van der Waals surface area (Å²) >= 11 is 0. The molecule has 2 aliphatic rings. The number of aromatic nitrogens is 2. The van der Waals surface area contributed by atoms with Crippen LogP contribution in [-0.2, 0) is 20.8 Å². The fourth-order valence-corrected chi connectivity index (χ4v) is 5.67. The molecule has 220 valence electrons. The maximum absolute atomic E-state index is 12.9. The van der Waals surface area contributed by atoms with Crippen LogP contribution >= 0.6 is 0 Å². The first-order valence-electron chi connectivity index (χ1n) is 13.8. The minimum Gasteiger partial charge on any atom is -0.493 e. The topological polar surface area (TPSA) is 83.8 Å². The number of rotatable bonds is 8. The second-order valence-electron chi connectivity index (χ2n) is 10.5. The Morgan fingerprint density at radius 1 is 1.17 bits per heavy atom. The molecule has 0 bridgehead atoms. The van der Waals surface area contributed by atoms with Crippen molar-refractivity contribution in [3.8, 4) is 17.2 Å². The van der Waals surface area contributed by atoms with Gasteiger partial charge in [-0.3, -0.25) is 9.36 Å². The number of carbonyl (C=O) groups excluding carboxylic acids is 1. The quantitative estimate of drug-likeness (QED) is 0.231. The van der Waals surface area contributed by atoms with Gasteiger partial charge in [0.1, 0.15) is 23.4 Å². The Labute approximate surface area is 240 Å². The van der Waals surface area contributed by atoms with E-state index in [1.165, 1.54) is 19.2 Å². The van der Waals surface area contributed by atoms with Crippen LogP contribution in [0.15, 0.2) is 54.6 Å². The number of hydrogen-bond donors (Lipinski definition) is 1. The second-order valence-corrected chi connectivity index (χ2v) is 10.5. The molecular formula is C31H30F3N3O5. The van der Waals surface area contributed by atoms with E-state index in [2.05, 4.69) is 10.1 Å². The van der Waals surface area contributed by atoms with Crippen LogP contribution in [0.1, 0.15) is 53.8 Å². The molecule has 0 spiro atoms. The molecule has 1 fully saturated rings. The van der Waals surface area contributed by atoms with Crippen LogP contribution in [0.2, 0.25) is 0 Å². The molecule has 1 N–H and O–H groups in total. The molecule has 1 saturated heterocycles. The number of esters is 1. The monoisotopic (exact) mass is 581 g/mol. The standard InChI is InChI=1S/C31H30F3N3O5/c1-18-19(16-35-21-8-10-23-20(13-29(38)39-2)17-41-28(23)14-21)5-3-6-25(18)37-26-11-9-22(42-31(32,33)34)15-24(26)36-30(37)27-7-4-12-40-27/h3,5-6,8-11,14-15,20,27,35H,4,7,12-13,16-17H2,1-2H3. The first-order valence-corrected chi connectivity index (χ1v) is 13.8. The highest BCUT2D eigenvalue weighted by atomic mass is 19.4. The molecule has 8 nitrogen and oxygen atoms in total. The lowest BCUT2D eigenvalue weighted by molar-refractivity contribution is -0.274. The predicted molar refractivity (Wildman–Crippen MR) is 149 cm³/mol. The average molecular weight is 582 g/mol. The van der Waals surface area contributed by atoms with Gasteiger partial charge in [-0.15, -0.1) is 13.2 Å². The summed E-state index contributed by atoms with van der Waals surface area (Å²) in [7, 11) is 1.38. The van der Waals surface area contributed by atoms with Crippen molar-refractivity contribution >= 4 is 22.7 Å². The number of benzene rings is 3. The largest absolute Gasteiger partial charge is 0.573 e. The number of alkyl halides is 3. The molecule has 3 heterocycles. The van der Waals surface area contributed by atoms with Gasteiger partial charge in [-0.2, -0.15) is 0 Å². The minimum absolute atomic E-state index is 0.0282. The highest BCUT2D eigenvalue weighted by Crippen LogP contribution is 2.39. The number of nitrogens with zero attached hydrogens (tertiary/aromatic N) is 2. The van der Waals surface area contributed by atoms with Crippen molar-refractivity contribution in [3.05, 3.63) is 77.1 Å². The Balaban J connectivity index is 1.28. The zero-order valence-electron chi connectivity index (χ0n) is 23.2. The second kappa shape index (κ2) is 11.2. The van der Waals surface area contributed by atoms with Crippen molar-refractivity contribution < 1.29 is 36.9 Å². The van der Waals surface area contributed by atoms with Crippen molar-refractivity contribution in [2.45, 2.75) is 51.1 Å². The summed E-state index contributed by atoms with van der Waals surface area (Å²) < 4.78 is 61.3. The number of hydrogen-bond acceptors (Lipinski definition) is 7. The summed E-state index contributed by atoms with van der Waals surface area (Å²) in [4.78, 5) is 16.5. The molecule has 11 heteroatoms. The van der Waals surface area contributed by atoms with E-state index in [-0.39, 0.29) is 30.2 Å². The number of methoxy groups -OCH3 is 1. The van der Waals surface area contributed by atoms with Crippen LogP contribution in [-0.4, -0.2) is 42.2 Å². The van der Waals surface area contributed by atoms with Gasteiger partial charge in [0.25, 0.3) is 0 Å². The Hall–Kier alpha value is -4.25. The minimum atomic E-state index is -4.79. The lowest BCUT2D eigenvalue weighted by Gasteiger charge is -2.18. The van der Waals surface area contributed by atoms with Crippen molar-refractivity contribution in [1.82, 2.24) is 9.55 Å². The number of halogens is 3. The van der Waals surface area contributed by atoms with Crippen LogP contribution in [0, 0.1) is 6.92 Å². The maximum atomic E-state index is 12.9. The van der Waals surface area contributed by atoms with E-state index in [1.54, 1.807) is 6.07 Å². The van der Waals surface area contributed by atoms with Crippen LogP contribution in [0.25, 0.3) is 16.7 Å². The summed E-state index contributed by atoms with van der Waals surface area (Å²) in [6, 6.07) is 16.1. The number of ether oxygens (including phenoxy) is 4. The number of fused-ring (bicyclic) bond motifs is 2. The van der Waals surface area contributed by atoms with Crippen molar-refractivity contribution in [3.63, 3.8) is 0 Å². The van der Waals surface area contributed by atoms with E-state index in [0.717, 1.165) is 46.7 Å². The number of anilines is 1. The smallest absolute Gasteiger partial charge is 0.493 e. The molecule has 42 heavy (non-hydrogen) atoms. The molecule has 1 aromatic heterocycles. The Kier molecular flexibility index (Phi) is 7.44. The van der Waals surface area contributed by atoms with Crippen LogP contribution < -0.4 is 14.8 Å². The molecule has 4 aromatic rings. The average Bonchev–Trinajstić information content (AvgIpc) is 3.70. The van der Waals surface area contributed by atoms with E-state index in [9.17, 15) is 18.0 Å². The maximum Gasteiger partial charge on any atom is 0.573 e. The third-order valence-electron chi connectivity index (χ3n) is 7.78. The van der Waals surface area contributed by atoms with Crippen LogP contribution in [0.4, 0.5) is 18.9 Å². The molecule has 3 aromatic carbocycles. The Morgan fingerprint density at radius 2 is 2.02 bits per heavy atom. The van der Waals surface area contributed by atoms with E-state index >= 15 is 0 Å². The van der Waals surface area contributed by atoms with E-state index in [0.29, 0.717) is 36.6 Å².